The summed E-state index contributed by atoms with van der Waals surface area (Å²) in [5, 5.41) is 19.9. The predicted octanol–water partition coefficient (Wildman–Crippen LogP) is 1.67. The summed E-state index contributed by atoms with van der Waals surface area (Å²) in [4.78, 5) is 15.9. The maximum atomic E-state index is 11.8. The third kappa shape index (κ3) is 1.65. The second-order valence-corrected chi connectivity index (χ2v) is 4.12. The maximum Gasteiger partial charge on any atom is 0.349 e. The van der Waals surface area contributed by atoms with Crippen molar-refractivity contribution < 1.29 is 14.6 Å². The lowest BCUT2D eigenvalue weighted by Gasteiger charge is -2.01. The van der Waals surface area contributed by atoms with Crippen LogP contribution in [-0.4, -0.2) is 19.6 Å². The summed E-state index contributed by atoms with van der Waals surface area (Å²) in [6.45, 7) is 1.55. The van der Waals surface area contributed by atoms with Crippen molar-refractivity contribution in [2.75, 3.05) is 0 Å². The zero-order chi connectivity index (χ0) is 13.6. The van der Waals surface area contributed by atoms with Crippen molar-refractivity contribution in [1.29, 1.82) is 0 Å². The molecule has 0 bridgehead atoms. The highest BCUT2D eigenvalue weighted by atomic mass is 16.4. The third-order valence-corrected chi connectivity index (χ3v) is 2.80. The fraction of sp³-hybridized carbons (Fsp3) is 0.0769. The first kappa shape index (κ1) is 11.3. The van der Waals surface area contributed by atoms with Crippen molar-refractivity contribution >= 4 is 5.65 Å². The van der Waals surface area contributed by atoms with Gasteiger partial charge in [0.05, 0.1) is 0 Å². The third-order valence-electron chi connectivity index (χ3n) is 2.80. The van der Waals surface area contributed by atoms with E-state index >= 15 is 0 Å². The van der Waals surface area contributed by atoms with E-state index in [4.69, 9.17) is 4.42 Å². The van der Waals surface area contributed by atoms with Gasteiger partial charge in [0.2, 0.25) is 5.88 Å². The van der Waals surface area contributed by atoms with E-state index in [-0.39, 0.29) is 28.6 Å². The summed E-state index contributed by atoms with van der Waals surface area (Å²) in [6, 6.07) is 6.45. The molecule has 0 saturated heterocycles. The highest BCUT2D eigenvalue weighted by Crippen LogP contribution is 2.32. The second kappa shape index (κ2) is 3.88. The van der Waals surface area contributed by atoms with Crippen LogP contribution in [0.1, 0.15) is 5.76 Å². The Morgan fingerprint density at radius 1 is 1.32 bits per heavy atom. The number of fused-ring (bicyclic) bond motifs is 1. The van der Waals surface area contributed by atoms with Crippen LogP contribution < -0.4 is 5.63 Å². The van der Waals surface area contributed by atoms with Crippen molar-refractivity contribution in [1.82, 2.24) is 9.38 Å². The highest BCUT2D eigenvalue weighted by molar-refractivity contribution is 5.72. The molecule has 6 heteroatoms. The van der Waals surface area contributed by atoms with E-state index in [1.165, 1.54) is 10.5 Å². The summed E-state index contributed by atoms with van der Waals surface area (Å²) in [5.74, 6) is -0.205. The lowest BCUT2D eigenvalue weighted by Crippen LogP contribution is -2.04. The molecule has 0 aliphatic carbocycles. The molecule has 0 fully saturated rings. The first-order valence-corrected chi connectivity index (χ1v) is 5.58. The number of aryl methyl sites for hydroxylation is 1. The molecule has 0 aliphatic rings. The van der Waals surface area contributed by atoms with Crippen molar-refractivity contribution in [3.8, 4) is 22.9 Å². The molecule has 3 aromatic rings. The quantitative estimate of drug-likeness (QED) is 0.693. The fourth-order valence-corrected chi connectivity index (χ4v) is 1.96. The molecule has 2 N–H and O–H groups in total. The van der Waals surface area contributed by atoms with Crippen LogP contribution >= 0.6 is 0 Å². The van der Waals surface area contributed by atoms with Crippen molar-refractivity contribution in [2.24, 2.45) is 0 Å². The Morgan fingerprint density at radius 3 is 2.79 bits per heavy atom. The van der Waals surface area contributed by atoms with Gasteiger partial charge in [0.15, 0.2) is 0 Å². The summed E-state index contributed by atoms with van der Waals surface area (Å²) >= 11 is 0. The monoisotopic (exact) mass is 258 g/mol. The molecule has 19 heavy (non-hydrogen) atoms. The van der Waals surface area contributed by atoms with Crippen molar-refractivity contribution in [3.05, 3.63) is 46.6 Å². The first-order chi connectivity index (χ1) is 9.08. The van der Waals surface area contributed by atoms with E-state index in [9.17, 15) is 15.0 Å². The molecular formula is C13H10N2O4. The molecule has 3 heterocycles. The van der Waals surface area contributed by atoms with E-state index in [2.05, 4.69) is 4.98 Å². The van der Waals surface area contributed by atoms with Crippen LogP contribution in [0.25, 0.3) is 16.9 Å². The number of hydrogen-bond acceptors (Lipinski definition) is 5. The van der Waals surface area contributed by atoms with E-state index in [1.54, 1.807) is 31.3 Å². The van der Waals surface area contributed by atoms with Crippen LogP contribution in [-0.2, 0) is 0 Å². The van der Waals surface area contributed by atoms with Crippen LogP contribution in [0.3, 0.4) is 0 Å². The summed E-state index contributed by atoms with van der Waals surface area (Å²) in [6.07, 6.45) is 1.61. The number of pyridine rings is 1. The molecule has 0 unspecified atom stereocenters. The van der Waals surface area contributed by atoms with Gasteiger partial charge < -0.3 is 14.6 Å². The minimum atomic E-state index is -0.740. The molecule has 0 radical (unpaired) electrons. The lowest BCUT2D eigenvalue weighted by molar-refractivity contribution is 0.431. The van der Waals surface area contributed by atoms with Gasteiger partial charge in [0, 0.05) is 12.3 Å². The second-order valence-electron chi connectivity index (χ2n) is 4.12. The highest BCUT2D eigenvalue weighted by Gasteiger charge is 2.20. The maximum absolute atomic E-state index is 11.8. The van der Waals surface area contributed by atoms with Gasteiger partial charge in [0.1, 0.15) is 28.4 Å². The predicted molar refractivity (Wildman–Crippen MR) is 67.2 cm³/mol. The summed E-state index contributed by atoms with van der Waals surface area (Å²) in [5.41, 5.74) is -0.421. The molecule has 0 aromatic carbocycles. The van der Waals surface area contributed by atoms with Gasteiger partial charge >= 0.3 is 5.63 Å². The number of rotatable bonds is 1. The number of imidazole rings is 1. The zero-order valence-electron chi connectivity index (χ0n) is 9.99. The molecule has 6 nitrogen and oxygen atoms in total. The standard InChI is InChI=1S/C13H10N2O4/c1-7-6-8(16)10(13(18)19-7)11-12(17)15-5-3-2-4-9(15)14-11/h2-6,16-17H,1H3. The Balaban J connectivity index is 2.37. The molecule has 3 aromatic heterocycles. The van der Waals surface area contributed by atoms with Crippen LogP contribution in [0.4, 0.5) is 0 Å². The topological polar surface area (TPSA) is 88.0 Å². The average molecular weight is 258 g/mol. The molecule has 0 saturated carbocycles. The van der Waals surface area contributed by atoms with E-state index in [1.807, 2.05) is 0 Å². The van der Waals surface area contributed by atoms with Gasteiger partial charge in [0.25, 0.3) is 0 Å². The van der Waals surface area contributed by atoms with Gasteiger partial charge in [-0.1, -0.05) is 6.07 Å². The Labute approximate surface area is 107 Å². The normalized spacial score (nSPS) is 11.0. The van der Waals surface area contributed by atoms with Gasteiger partial charge in [-0.05, 0) is 19.1 Å². The zero-order valence-corrected chi connectivity index (χ0v) is 9.99. The molecule has 96 valence electrons. The number of aromatic hydroxyl groups is 2. The van der Waals surface area contributed by atoms with Crippen LogP contribution in [0.15, 0.2) is 39.7 Å². The Kier molecular flexibility index (Phi) is 2.31. The van der Waals surface area contributed by atoms with Gasteiger partial charge in [-0.3, -0.25) is 4.40 Å². The van der Waals surface area contributed by atoms with Gasteiger partial charge in [-0.25, -0.2) is 9.78 Å². The molecule has 3 rings (SSSR count). The van der Waals surface area contributed by atoms with E-state index in [0.29, 0.717) is 5.65 Å². The van der Waals surface area contributed by atoms with Gasteiger partial charge in [-0.2, -0.15) is 0 Å². The van der Waals surface area contributed by atoms with E-state index in [0.717, 1.165) is 0 Å². The van der Waals surface area contributed by atoms with Gasteiger partial charge in [-0.15, -0.1) is 0 Å². The first-order valence-electron chi connectivity index (χ1n) is 5.58. The van der Waals surface area contributed by atoms with Crippen molar-refractivity contribution in [3.63, 3.8) is 0 Å². The summed E-state index contributed by atoms with van der Waals surface area (Å²) < 4.78 is 6.33. The number of hydrogen-bond donors (Lipinski definition) is 2. The lowest BCUT2D eigenvalue weighted by atomic mass is 10.2. The Morgan fingerprint density at radius 2 is 2.11 bits per heavy atom. The number of nitrogens with zero attached hydrogens (tertiary/aromatic N) is 2. The summed E-state index contributed by atoms with van der Waals surface area (Å²) in [7, 11) is 0. The Hall–Kier alpha value is -2.76. The Bertz CT molecular complexity index is 832. The minimum Gasteiger partial charge on any atom is -0.507 e. The largest absolute Gasteiger partial charge is 0.507 e. The minimum absolute atomic E-state index is 0.00236. The smallest absolute Gasteiger partial charge is 0.349 e. The molecule has 0 amide bonds. The molecule has 0 spiro atoms. The van der Waals surface area contributed by atoms with Crippen molar-refractivity contribution in [2.45, 2.75) is 6.92 Å². The van der Waals surface area contributed by atoms with E-state index < -0.39 is 5.63 Å². The van der Waals surface area contributed by atoms with Crippen LogP contribution in [0, 0.1) is 6.92 Å². The average Bonchev–Trinajstić information content (AvgIpc) is 2.66. The van der Waals surface area contributed by atoms with Crippen LogP contribution in [0.2, 0.25) is 0 Å². The molecule has 0 aliphatic heterocycles. The number of aromatic nitrogens is 2. The molecular weight excluding hydrogens is 248 g/mol. The van der Waals surface area contributed by atoms with Crippen LogP contribution in [0.5, 0.6) is 11.6 Å². The SMILES string of the molecule is Cc1cc(O)c(-c2nc3ccccn3c2O)c(=O)o1. The molecule has 0 atom stereocenters. The fourth-order valence-electron chi connectivity index (χ4n) is 1.96.